The van der Waals surface area contributed by atoms with Crippen molar-refractivity contribution in [3.63, 3.8) is 0 Å². The van der Waals surface area contributed by atoms with E-state index >= 15 is 0 Å². The summed E-state index contributed by atoms with van der Waals surface area (Å²) < 4.78 is 0. The number of hydrogen-bond donors (Lipinski definition) is 1. The van der Waals surface area contributed by atoms with Crippen LogP contribution >= 0.6 is 0 Å². The van der Waals surface area contributed by atoms with Crippen LogP contribution in [0.15, 0.2) is 36.9 Å². The molecule has 1 aromatic carbocycles. The molecule has 0 radical (unpaired) electrons. The Hall–Kier alpha value is -1.34. The molecule has 1 nitrogen and oxygen atoms in total. The summed E-state index contributed by atoms with van der Waals surface area (Å²) in [4.78, 5) is 0. The molecule has 0 heterocycles. The zero-order valence-corrected chi connectivity index (χ0v) is 24.8. The average molecular weight is 460 g/mol. The van der Waals surface area contributed by atoms with Crippen LogP contribution in [0, 0.1) is 18.3 Å². The standard InChI is InChI=1S/C25H40.2C2H6.C2H4.CH5N/c1-8-10-11-12-20-16-19(4)24(21(9-2)17-20)22-15-18(3)13-14-23(22)25(5,6)7;4*1-2/h13,16-17,22-23H,8-12,14-15H2,1-7H3;2*1-2H3;1-2H2;2H2,1H3. The Balaban J connectivity index is -0.00000101. The Morgan fingerprint density at radius 1 is 0.939 bits per heavy atom. The summed E-state index contributed by atoms with van der Waals surface area (Å²) in [6.07, 6.45) is 11.4. The van der Waals surface area contributed by atoms with E-state index in [4.69, 9.17) is 0 Å². The number of nitrogens with two attached hydrogens (primary N) is 1. The monoisotopic (exact) mass is 459 g/mol. The van der Waals surface area contributed by atoms with Gasteiger partial charge < -0.3 is 5.73 Å². The lowest BCUT2D eigenvalue weighted by Gasteiger charge is -2.41. The van der Waals surface area contributed by atoms with Crippen molar-refractivity contribution in [1.29, 1.82) is 0 Å². The van der Waals surface area contributed by atoms with Gasteiger partial charge in [-0.25, -0.2) is 0 Å². The van der Waals surface area contributed by atoms with Crippen molar-refractivity contribution in [3.05, 3.63) is 59.2 Å². The number of rotatable bonds is 6. The molecule has 2 unspecified atom stereocenters. The molecule has 1 heteroatoms. The molecule has 0 saturated heterocycles. The first-order valence-electron chi connectivity index (χ1n) is 13.6. The van der Waals surface area contributed by atoms with E-state index in [-0.39, 0.29) is 0 Å². The Labute approximate surface area is 210 Å². The fourth-order valence-corrected chi connectivity index (χ4v) is 4.82. The van der Waals surface area contributed by atoms with Gasteiger partial charge in [-0.1, -0.05) is 98.9 Å². The highest BCUT2D eigenvalue weighted by atomic mass is 14.4. The van der Waals surface area contributed by atoms with Crippen LogP contribution in [-0.2, 0) is 12.8 Å². The molecule has 33 heavy (non-hydrogen) atoms. The Morgan fingerprint density at radius 3 is 1.94 bits per heavy atom. The summed E-state index contributed by atoms with van der Waals surface area (Å²) >= 11 is 0. The quantitative estimate of drug-likeness (QED) is 0.332. The van der Waals surface area contributed by atoms with Crippen molar-refractivity contribution >= 4 is 0 Å². The normalized spacial score (nSPS) is 16.8. The fourth-order valence-electron chi connectivity index (χ4n) is 4.82. The molecule has 2 rings (SSSR count). The molecule has 1 aromatic rings. The topological polar surface area (TPSA) is 26.0 Å². The zero-order chi connectivity index (χ0) is 26.6. The summed E-state index contributed by atoms with van der Waals surface area (Å²) in [6.45, 7) is 30.6. The van der Waals surface area contributed by atoms with Gasteiger partial charge in [0.1, 0.15) is 0 Å². The van der Waals surface area contributed by atoms with E-state index in [1.165, 1.54) is 45.6 Å². The van der Waals surface area contributed by atoms with Crippen molar-refractivity contribution in [2.75, 3.05) is 7.05 Å². The lowest BCUT2D eigenvalue weighted by atomic mass is 9.63. The second-order valence-electron chi connectivity index (χ2n) is 9.37. The van der Waals surface area contributed by atoms with Crippen molar-refractivity contribution in [2.45, 2.75) is 127 Å². The number of aryl methyl sites for hydroxylation is 3. The van der Waals surface area contributed by atoms with Crippen LogP contribution in [0.3, 0.4) is 0 Å². The van der Waals surface area contributed by atoms with Gasteiger partial charge in [-0.15, -0.1) is 13.2 Å². The van der Waals surface area contributed by atoms with Crippen LogP contribution in [0.1, 0.15) is 130 Å². The Morgan fingerprint density at radius 2 is 1.48 bits per heavy atom. The zero-order valence-electron chi connectivity index (χ0n) is 24.8. The van der Waals surface area contributed by atoms with E-state index in [0.717, 1.165) is 12.3 Å². The molecule has 2 N–H and O–H groups in total. The van der Waals surface area contributed by atoms with Gasteiger partial charge in [0.15, 0.2) is 0 Å². The van der Waals surface area contributed by atoms with Gasteiger partial charge >= 0.3 is 0 Å². The summed E-state index contributed by atoms with van der Waals surface area (Å²) in [5, 5.41) is 0. The van der Waals surface area contributed by atoms with Gasteiger partial charge in [-0.3, -0.25) is 0 Å². The smallest absolute Gasteiger partial charge is 0.00832 e. The minimum Gasteiger partial charge on any atom is -0.333 e. The first-order chi connectivity index (χ1) is 15.8. The number of allylic oxidation sites excluding steroid dienone is 2. The Bertz CT molecular complexity index is 618. The molecule has 0 amide bonds. The molecular weight excluding hydrogens is 398 g/mol. The maximum Gasteiger partial charge on any atom is -0.00832 e. The molecule has 1 aliphatic carbocycles. The fraction of sp³-hybridized carbons (Fsp3) is 0.688. The van der Waals surface area contributed by atoms with Crippen LogP contribution in [0.4, 0.5) is 0 Å². The third-order valence-electron chi connectivity index (χ3n) is 6.21. The van der Waals surface area contributed by atoms with Crippen LogP contribution in [0.2, 0.25) is 0 Å². The van der Waals surface area contributed by atoms with Crippen LogP contribution < -0.4 is 5.73 Å². The number of unbranched alkanes of at least 4 members (excludes halogenated alkanes) is 2. The molecule has 0 fully saturated rings. The van der Waals surface area contributed by atoms with Crippen molar-refractivity contribution in [1.82, 2.24) is 0 Å². The van der Waals surface area contributed by atoms with Crippen molar-refractivity contribution in [2.24, 2.45) is 17.1 Å². The Kier molecular flexibility index (Phi) is 23.3. The molecule has 0 saturated carbocycles. The molecule has 0 aliphatic heterocycles. The molecule has 1 aliphatic rings. The van der Waals surface area contributed by atoms with Gasteiger partial charge in [-0.2, -0.15) is 0 Å². The second kappa shape index (κ2) is 21.2. The van der Waals surface area contributed by atoms with Gasteiger partial charge in [0.25, 0.3) is 0 Å². The predicted octanol–water partition coefficient (Wildman–Crippen LogP) is 10.2. The van der Waals surface area contributed by atoms with E-state index in [1.807, 2.05) is 27.7 Å². The third kappa shape index (κ3) is 12.6. The second-order valence-corrected chi connectivity index (χ2v) is 9.37. The van der Waals surface area contributed by atoms with Crippen LogP contribution in [0.5, 0.6) is 0 Å². The first kappa shape index (κ1) is 36.2. The molecule has 0 aromatic heterocycles. The lowest BCUT2D eigenvalue weighted by Crippen LogP contribution is -2.30. The SMILES string of the molecule is C=C.CC.CC.CCCCCc1cc(C)c(C2CC(C)=CCC2C(C)(C)C)c(CC)c1.CN. The minimum atomic E-state index is 0.360. The highest BCUT2D eigenvalue weighted by molar-refractivity contribution is 5.43. The molecule has 2 atom stereocenters. The molecule has 0 spiro atoms. The summed E-state index contributed by atoms with van der Waals surface area (Å²) in [7, 11) is 1.50. The third-order valence-corrected chi connectivity index (χ3v) is 6.21. The van der Waals surface area contributed by atoms with Gasteiger partial charge in [0.05, 0.1) is 0 Å². The summed E-state index contributed by atoms with van der Waals surface area (Å²) in [5.41, 5.74) is 12.8. The highest BCUT2D eigenvalue weighted by Crippen LogP contribution is 2.48. The van der Waals surface area contributed by atoms with Gasteiger partial charge in [0.2, 0.25) is 0 Å². The van der Waals surface area contributed by atoms with Crippen molar-refractivity contribution in [3.8, 4) is 0 Å². The average Bonchev–Trinajstić information content (AvgIpc) is 2.83. The number of hydrogen-bond acceptors (Lipinski definition) is 1. The maximum absolute atomic E-state index is 4.50. The van der Waals surface area contributed by atoms with Crippen LogP contribution in [-0.4, -0.2) is 7.05 Å². The van der Waals surface area contributed by atoms with E-state index in [9.17, 15) is 0 Å². The largest absolute Gasteiger partial charge is 0.333 e. The number of benzene rings is 1. The van der Waals surface area contributed by atoms with Gasteiger partial charge in [-0.05, 0) is 92.5 Å². The summed E-state index contributed by atoms with van der Waals surface area (Å²) in [6, 6.07) is 5.03. The minimum absolute atomic E-state index is 0.360. The van der Waals surface area contributed by atoms with E-state index < -0.39 is 0 Å². The van der Waals surface area contributed by atoms with Gasteiger partial charge in [0, 0.05) is 0 Å². The molecule has 0 bridgehead atoms. The molecule has 194 valence electrons. The molecular formula is C32H61N. The van der Waals surface area contributed by atoms with Crippen LogP contribution in [0.25, 0.3) is 0 Å². The maximum atomic E-state index is 4.50. The van der Waals surface area contributed by atoms with E-state index in [2.05, 4.69) is 85.6 Å². The predicted molar refractivity (Wildman–Crippen MR) is 157 cm³/mol. The lowest BCUT2D eigenvalue weighted by molar-refractivity contribution is 0.191. The highest BCUT2D eigenvalue weighted by Gasteiger charge is 2.36. The van der Waals surface area contributed by atoms with E-state index in [1.54, 1.807) is 27.8 Å². The summed E-state index contributed by atoms with van der Waals surface area (Å²) in [5.74, 6) is 1.43. The van der Waals surface area contributed by atoms with Crippen molar-refractivity contribution < 1.29 is 0 Å². The first-order valence-corrected chi connectivity index (χ1v) is 13.6. The van der Waals surface area contributed by atoms with E-state index in [0.29, 0.717) is 11.3 Å².